The van der Waals surface area contributed by atoms with Crippen molar-refractivity contribution in [2.75, 3.05) is 0 Å². The van der Waals surface area contributed by atoms with E-state index < -0.39 is 0 Å². The summed E-state index contributed by atoms with van der Waals surface area (Å²) in [6.07, 6.45) is 14.5. The first kappa shape index (κ1) is 22.2. The predicted molar refractivity (Wildman–Crippen MR) is 129 cm³/mol. The average Bonchev–Trinajstić information content (AvgIpc) is 2.80. The van der Waals surface area contributed by atoms with Crippen LogP contribution < -0.4 is 0 Å². The second kappa shape index (κ2) is 12.3. The molecule has 158 valence electrons. The molecule has 1 aromatic heterocycles. The summed E-state index contributed by atoms with van der Waals surface area (Å²) in [5, 5.41) is 0. The Morgan fingerprint density at radius 3 is 1.37 bits per heavy atom. The molecular weight excluding hydrogens is 364 g/mol. The molecular formula is C28H36N2. The number of nitrogens with zero attached hydrogens (tertiary/aromatic N) is 2. The Morgan fingerprint density at radius 2 is 0.967 bits per heavy atom. The van der Waals surface area contributed by atoms with E-state index in [2.05, 4.69) is 78.4 Å². The molecule has 2 aromatic carbocycles. The van der Waals surface area contributed by atoms with Gasteiger partial charge in [0.15, 0.2) is 0 Å². The highest BCUT2D eigenvalue weighted by molar-refractivity contribution is 5.67. The van der Waals surface area contributed by atoms with Gasteiger partial charge in [0.2, 0.25) is 0 Å². The van der Waals surface area contributed by atoms with Crippen LogP contribution in [0.5, 0.6) is 0 Å². The molecule has 0 N–H and O–H groups in total. The molecule has 0 aliphatic carbocycles. The molecule has 0 atom stereocenters. The summed E-state index contributed by atoms with van der Waals surface area (Å²) in [7, 11) is 0. The molecule has 2 heteroatoms. The van der Waals surface area contributed by atoms with Crippen LogP contribution in [0.4, 0.5) is 0 Å². The Labute approximate surface area is 182 Å². The van der Waals surface area contributed by atoms with Gasteiger partial charge in [-0.05, 0) is 42.9 Å². The third-order valence-electron chi connectivity index (χ3n) is 5.80. The fourth-order valence-corrected chi connectivity index (χ4v) is 3.87. The Balaban J connectivity index is 1.63. The van der Waals surface area contributed by atoms with Crippen molar-refractivity contribution in [2.45, 2.75) is 78.1 Å². The summed E-state index contributed by atoms with van der Waals surface area (Å²) in [5.41, 5.74) is 7.12. The maximum Gasteiger partial charge on any atom is 0.116 e. The molecule has 0 fully saturated rings. The highest BCUT2D eigenvalue weighted by atomic mass is 14.8. The highest BCUT2D eigenvalue weighted by Gasteiger charge is 2.05. The third kappa shape index (κ3) is 6.79. The van der Waals surface area contributed by atoms with Crippen molar-refractivity contribution in [1.82, 2.24) is 9.97 Å². The highest BCUT2D eigenvalue weighted by Crippen LogP contribution is 2.24. The fourth-order valence-electron chi connectivity index (χ4n) is 3.87. The monoisotopic (exact) mass is 400 g/mol. The van der Waals surface area contributed by atoms with Crippen LogP contribution >= 0.6 is 0 Å². The lowest BCUT2D eigenvalue weighted by atomic mass is 10.0. The Hall–Kier alpha value is -2.48. The van der Waals surface area contributed by atoms with E-state index in [1.54, 1.807) is 6.33 Å². The summed E-state index contributed by atoms with van der Waals surface area (Å²) in [4.78, 5) is 9.03. The van der Waals surface area contributed by atoms with Crippen molar-refractivity contribution in [3.05, 3.63) is 72.1 Å². The van der Waals surface area contributed by atoms with Gasteiger partial charge in [-0.1, -0.05) is 101 Å². The normalized spacial score (nSPS) is 11.0. The van der Waals surface area contributed by atoms with Crippen molar-refractivity contribution < 1.29 is 0 Å². The van der Waals surface area contributed by atoms with Crippen LogP contribution in [0.25, 0.3) is 22.5 Å². The molecule has 30 heavy (non-hydrogen) atoms. The van der Waals surface area contributed by atoms with Crippen LogP contribution in [-0.2, 0) is 12.8 Å². The zero-order valence-corrected chi connectivity index (χ0v) is 18.7. The molecule has 0 aliphatic rings. The first-order valence-electron chi connectivity index (χ1n) is 11.8. The van der Waals surface area contributed by atoms with E-state index in [0.29, 0.717) is 0 Å². The van der Waals surface area contributed by atoms with Gasteiger partial charge in [-0.2, -0.15) is 0 Å². The summed E-state index contributed by atoms with van der Waals surface area (Å²) < 4.78 is 0. The third-order valence-corrected chi connectivity index (χ3v) is 5.80. The van der Waals surface area contributed by atoms with Crippen molar-refractivity contribution in [3.63, 3.8) is 0 Å². The zero-order chi connectivity index (χ0) is 21.0. The van der Waals surface area contributed by atoms with Crippen LogP contribution in [-0.4, -0.2) is 9.97 Å². The second-order valence-corrected chi connectivity index (χ2v) is 8.30. The summed E-state index contributed by atoms with van der Waals surface area (Å²) >= 11 is 0. The lowest BCUT2D eigenvalue weighted by molar-refractivity contribution is 0.667. The lowest BCUT2D eigenvalue weighted by Crippen LogP contribution is -1.91. The van der Waals surface area contributed by atoms with Gasteiger partial charge in [-0.3, -0.25) is 0 Å². The van der Waals surface area contributed by atoms with Crippen LogP contribution in [0.2, 0.25) is 0 Å². The average molecular weight is 401 g/mol. The smallest absolute Gasteiger partial charge is 0.116 e. The van der Waals surface area contributed by atoms with Gasteiger partial charge in [0.25, 0.3) is 0 Å². The van der Waals surface area contributed by atoms with Crippen LogP contribution in [0.3, 0.4) is 0 Å². The van der Waals surface area contributed by atoms with Gasteiger partial charge < -0.3 is 0 Å². The van der Waals surface area contributed by atoms with Gasteiger partial charge in [0, 0.05) is 11.1 Å². The summed E-state index contributed by atoms with van der Waals surface area (Å²) in [6, 6.07) is 19.9. The largest absolute Gasteiger partial charge is 0.236 e. The summed E-state index contributed by atoms with van der Waals surface area (Å²) in [6.45, 7) is 4.52. The van der Waals surface area contributed by atoms with Crippen molar-refractivity contribution >= 4 is 0 Å². The minimum absolute atomic E-state index is 0.987. The van der Waals surface area contributed by atoms with E-state index >= 15 is 0 Å². The zero-order valence-electron chi connectivity index (χ0n) is 18.7. The molecule has 0 aliphatic heterocycles. The maximum atomic E-state index is 4.52. The number of benzene rings is 2. The molecule has 0 spiro atoms. The van der Waals surface area contributed by atoms with E-state index in [1.807, 2.05) is 0 Å². The minimum Gasteiger partial charge on any atom is -0.236 e. The molecule has 0 bridgehead atoms. The topological polar surface area (TPSA) is 25.8 Å². The first-order chi connectivity index (χ1) is 14.8. The maximum absolute atomic E-state index is 4.52. The Bertz CT molecular complexity index is 795. The van der Waals surface area contributed by atoms with Crippen molar-refractivity contribution in [3.8, 4) is 22.5 Å². The van der Waals surface area contributed by atoms with Crippen LogP contribution in [0.1, 0.15) is 76.3 Å². The number of aromatic nitrogens is 2. The Morgan fingerprint density at radius 1 is 0.533 bits per heavy atom. The fraction of sp³-hybridized carbons (Fsp3) is 0.429. The number of rotatable bonds is 12. The number of unbranched alkanes of at least 4 members (excludes halogenated alkanes) is 6. The second-order valence-electron chi connectivity index (χ2n) is 8.30. The lowest BCUT2D eigenvalue weighted by Gasteiger charge is -2.07. The van der Waals surface area contributed by atoms with E-state index in [9.17, 15) is 0 Å². The number of hydrogen-bond acceptors (Lipinski definition) is 2. The van der Waals surface area contributed by atoms with Gasteiger partial charge in [0.05, 0.1) is 11.4 Å². The SMILES string of the molecule is CCCCCCc1ccc(-c2cc(-c3ccc(CCCCCC)cc3)ncn2)cc1. The van der Waals surface area contributed by atoms with E-state index in [1.165, 1.54) is 75.3 Å². The van der Waals surface area contributed by atoms with E-state index in [4.69, 9.17) is 0 Å². The number of hydrogen-bond donors (Lipinski definition) is 0. The molecule has 3 rings (SSSR count). The summed E-state index contributed by atoms with van der Waals surface area (Å²) in [5.74, 6) is 0. The van der Waals surface area contributed by atoms with Gasteiger partial charge in [0.1, 0.15) is 6.33 Å². The van der Waals surface area contributed by atoms with Crippen LogP contribution in [0.15, 0.2) is 60.9 Å². The van der Waals surface area contributed by atoms with Crippen LogP contribution in [0, 0.1) is 0 Å². The quantitative estimate of drug-likeness (QED) is 0.287. The molecule has 0 saturated heterocycles. The number of aryl methyl sites for hydroxylation is 2. The van der Waals surface area contributed by atoms with Crippen molar-refractivity contribution in [1.29, 1.82) is 0 Å². The standard InChI is InChI=1S/C28H36N2/c1-3-5-7-9-11-23-13-17-25(18-14-23)27-21-28(30-22-29-27)26-19-15-24(16-20-26)12-10-8-6-4-2/h13-22H,3-12H2,1-2H3. The van der Waals surface area contributed by atoms with Gasteiger partial charge in [-0.15, -0.1) is 0 Å². The predicted octanol–water partition coefficient (Wildman–Crippen LogP) is 8.06. The van der Waals surface area contributed by atoms with E-state index in [0.717, 1.165) is 22.5 Å². The first-order valence-corrected chi connectivity index (χ1v) is 11.8. The minimum atomic E-state index is 0.987. The molecule has 0 saturated carbocycles. The Kier molecular flexibility index (Phi) is 9.08. The molecule has 0 radical (unpaired) electrons. The van der Waals surface area contributed by atoms with Gasteiger partial charge in [-0.25, -0.2) is 9.97 Å². The molecule has 2 nitrogen and oxygen atoms in total. The van der Waals surface area contributed by atoms with Gasteiger partial charge >= 0.3 is 0 Å². The molecule has 1 heterocycles. The van der Waals surface area contributed by atoms with E-state index in [-0.39, 0.29) is 0 Å². The van der Waals surface area contributed by atoms with Crippen molar-refractivity contribution in [2.24, 2.45) is 0 Å². The molecule has 0 unspecified atom stereocenters. The molecule has 0 amide bonds. The molecule has 3 aromatic rings.